The van der Waals surface area contributed by atoms with E-state index in [9.17, 15) is 4.79 Å². The minimum atomic E-state index is -0.176. The number of nitrogens with one attached hydrogen (secondary N) is 2. The van der Waals surface area contributed by atoms with Gasteiger partial charge in [-0.05, 0) is 43.4 Å². The van der Waals surface area contributed by atoms with Gasteiger partial charge in [0.05, 0.1) is 0 Å². The van der Waals surface area contributed by atoms with Crippen molar-refractivity contribution in [2.24, 2.45) is 16.6 Å². The molecule has 22 heavy (non-hydrogen) atoms. The van der Waals surface area contributed by atoms with Crippen LogP contribution in [0, 0.1) is 12.8 Å². The number of aryl methyl sites for hydroxylation is 1. The lowest BCUT2D eigenvalue weighted by Crippen LogP contribution is -2.37. The third kappa shape index (κ3) is 6.12. The van der Waals surface area contributed by atoms with Crippen molar-refractivity contribution in [2.45, 2.75) is 26.2 Å². The molecule has 0 unspecified atom stereocenters. The lowest BCUT2D eigenvalue weighted by molar-refractivity contribution is -0.114. The molecule has 1 aliphatic carbocycles. The van der Waals surface area contributed by atoms with E-state index in [0.717, 1.165) is 22.3 Å². The molecule has 1 amide bonds. The number of halogens is 2. The van der Waals surface area contributed by atoms with Gasteiger partial charge in [0.25, 0.3) is 0 Å². The summed E-state index contributed by atoms with van der Waals surface area (Å²) in [6.07, 6.45) is 3.81. The number of guanidine groups is 1. The molecule has 0 heterocycles. The SMILES string of the molecule is Cc1ccc(Br)cc1NC(=O)CN=C(N)NCC1CCC1.I. The molecular weight excluding hydrogens is 459 g/mol. The minimum absolute atomic E-state index is 0. The molecule has 0 aromatic heterocycles. The predicted octanol–water partition coefficient (Wildman–Crippen LogP) is 3.02. The average molecular weight is 481 g/mol. The van der Waals surface area contributed by atoms with Gasteiger partial charge in [-0.2, -0.15) is 0 Å². The molecule has 0 spiro atoms. The zero-order chi connectivity index (χ0) is 15.2. The van der Waals surface area contributed by atoms with Gasteiger partial charge >= 0.3 is 0 Å². The molecule has 1 aromatic rings. The molecule has 0 radical (unpaired) electrons. The normalized spacial score (nSPS) is 14.7. The number of carbonyl (C=O) groups is 1. The first-order chi connectivity index (χ1) is 10.0. The van der Waals surface area contributed by atoms with Gasteiger partial charge in [0.2, 0.25) is 5.91 Å². The van der Waals surface area contributed by atoms with E-state index in [1.165, 1.54) is 19.3 Å². The van der Waals surface area contributed by atoms with Gasteiger partial charge in [-0.25, -0.2) is 4.99 Å². The van der Waals surface area contributed by atoms with E-state index in [2.05, 4.69) is 31.6 Å². The smallest absolute Gasteiger partial charge is 0.246 e. The maximum atomic E-state index is 11.9. The number of hydrogen-bond acceptors (Lipinski definition) is 2. The number of anilines is 1. The largest absolute Gasteiger partial charge is 0.370 e. The Kier molecular flexibility index (Phi) is 8.16. The number of hydrogen-bond donors (Lipinski definition) is 3. The van der Waals surface area contributed by atoms with Crippen molar-refractivity contribution in [3.8, 4) is 0 Å². The Hall–Kier alpha value is -0.830. The van der Waals surface area contributed by atoms with E-state index < -0.39 is 0 Å². The second kappa shape index (κ2) is 9.34. The molecule has 0 bridgehead atoms. The number of rotatable bonds is 5. The third-order valence-electron chi connectivity index (χ3n) is 3.66. The molecule has 2 rings (SSSR count). The first-order valence-electron chi connectivity index (χ1n) is 7.14. The summed E-state index contributed by atoms with van der Waals surface area (Å²) in [6, 6.07) is 5.75. The highest BCUT2D eigenvalue weighted by Crippen LogP contribution is 2.25. The summed E-state index contributed by atoms with van der Waals surface area (Å²) in [6.45, 7) is 2.82. The highest BCUT2D eigenvalue weighted by atomic mass is 127. The van der Waals surface area contributed by atoms with Crippen LogP contribution in [-0.4, -0.2) is 25.0 Å². The number of nitrogens with zero attached hydrogens (tertiary/aromatic N) is 1. The summed E-state index contributed by atoms with van der Waals surface area (Å²) in [5.41, 5.74) is 7.54. The molecule has 0 aliphatic heterocycles. The molecule has 0 atom stereocenters. The zero-order valence-electron chi connectivity index (χ0n) is 12.6. The second-order valence-electron chi connectivity index (χ2n) is 5.39. The Bertz CT molecular complexity index is 546. The number of amides is 1. The van der Waals surface area contributed by atoms with Gasteiger partial charge in [0, 0.05) is 16.7 Å². The van der Waals surface area contributed by atoms with Crippen molar-refractivity contribution < 1.29 is 4.79 Å². The molecule has 5 nitrogen and oxygen atoms in total. The van der Waals surface area contributed by atoms with Crippen LogP contribution < -0.4 is 16.4 Å². The number of aliphatic imine (C=N–C) groups is 1. The fourth-order valence-electron chi connectivity index (χ4n) is 2.08. The maximum Gasteiger partial charge on any atom is 0.246 e. The Morgan fingerprint density at radius 3 is 2.82 bits per heavy atom. The maximum absolute atomic E-state index is 11.9. The molecule has 1 aliphatic rings. The monoisotopic (exact) mass is 480 g/mol. The van der Waals surface area contributed by atoms with Gasteiger partial charge in [0.1, 0.15) is 6.54 Å². The lowest BCUT2D eigenvalue weighted by atomic mass is 9.85. The van der Waals surface area contributed by atoms with Crippen molar-refractivity contribution in [1.82, 2.24) is 5.32 Å². The van der Waals surface area contributed by atoms with Crippen LogP contribution >= 0.6 is 39.9 Å². The quantitative estimate of drug-likeness (QED) is 0.344. The first-order valence-corrected chi connectivity index (χ1v) is 7.93. The van der Waals surface area contributed by atoms with Gasteiger partial charge < -0.3 is 16.4 Å². The molecular formula is C15H22BrIN4O. The molecule has 0 saturated heterocycles. The van der Waals surface area contributed by atoms with Crippen molar-refractivity contribution in [3.05, 3.63) is 28.2 Å². The van der Waals surface area contributed by atoms with E-state index in [0.29, 0.717) is 11.9 Å². The topological polar surface area (TPSA) is 79.5 Å². The zero-order valence-corrected chi connectivity index (χ0v) is 16.5. The highest BCUT2D eigenvalue weighted by molar-refractivity contribution is 14.0. The van der Waals surface area contributed by atoms with Crippen LogP contribution in [0.5, 0.6) is 0 Å². The summed E-state index contributed by atoms with van der Waals surface area (Å²) in [7, 11) is 0. The van der Waals surface area contributed by atoms with Gasteiger partial charge in [-0.1, -0.05) is 28.4 Å². The van der Waals surface area contributed by atoms with Gasteiger partial charge in [0.15, 0.2) is 5.96 Å². The van der Waals surface area contributed by atoms with Crippen LogP contribution in [0.4, 0.5) is 5.69 Å². The Balaban J connectivity index is 0.00000242. The van der Waals surface area contributed by atoms with E-state index in [1.807, 2.05) is 25.1 Å². The van der Waals surface area contributed by atoms with Crippen LogP contribution in [0.1, 0.15) is 24.8 Å². The van der Waals surface area contributed by atoms with E-state index in [1.54, 1.807) is 0 Å². The van der Waals surface area contributed by atoms with E-state index >= 15 is 0 Å². The highest BCUT2D eigenvalue weighted by Gasteiger charge is 2.16. The van der Waals surface area contributed by atoms with Crippen LogP contribution in [0.3, 0.4) is 0 Å². The lowest BCUT2D eigenvalue weighted by Gasteiger charge is -2.25. The van der Waals surface area contributed by atoms with Crippen LogP contribution in [0.15, 0.2) is 27.7 Å². The van der Waals surface area contributed by atoms with Crippen LogP contribution in [0.2, 0.25) is 0 Å². The molecule has 122 valence electrons. The van der Waals surface area contributed by atoms with Crippen molar-refractivity contribution in [1.29, 1.82) is 0 Å². The fraction of sp³-hybridized carbons (Fsp3) is 0.467. The molecule has 4 N–H and O–H groups in total. The van der Waals surface area contributed by atoms with Crippen molar-refractivity contribution in [3.63, 3.8) is 0 Å². The summed E-state index contributed by atoms with van der Waals surface area (Å²) >= 11 is 3.39. The molecule has 1 saturated carbocycles. The second-order valence-corrected chi connectivity index (χ2v) is 6.30. The van der Waals surface area contributed by atoms with Crippen molar-refractivity contribution in [2.75, 3.05) is 18.4 Å². The van der Waals surface area contributed by atoms with Crippen LogP contribution in [-0.2, 0) is 4.79 Å². The number of carbonyl (C=O) groups excluding carboxylic acids is 1. The van der Waals surface area contributed by atoms with Gasteiger partial charge in [-0.3, -0.25) is 4.79 Å². The number of benzene rings is 1. The molecule has 7 heteroatoms. The van der Waals surface area contributed by atoms with Gasteiger partial charge in [-0.15, -0.1) is 24.0 Å². The number of nitrogens with two attached hydrogens (primary N) is 1. The third-order valence-corrected chi connectivity index (χ3v) is 4.16. The van der Waals surface area contributed by atoms with E-state index in [4.69, 9.17) is 5.73 Å². The molecule has 1 fully saturated rings. The Morgan fingerprint density at radius 2 is 2.18 bits per heavy atom. The standard InChI is InChI=1S/C15H21BrN4O.HI/c1-10-5-6-12(16)7-13(10)20-14(21)9-19-15(17)18-8-11-3-2-4-11;/h5-7,11H,2-4,8-9H2,1H3,(H,20,21)(H3,17,18,19);1H. The Labute approximate surface area is 156 Å². The van der Waals surface area contributed by atoms with Crippen LogP contribution in [0.25, 0.3) is 0 Å². The summed E-state index contributed by atoms with van der Waals surface area (Å²) in [5.74, 6) is 0.865. The molecule has 1 aromatic carbocycles. The summed E-state index contributed by atoms with van der Waals surface area (Å²) in [5, 5.41) is 5.90. The predicted molar refractivity (Wildman–Crippen MR) is 105 cm³/mol. The first kappa shape index (κ1) is 19.2. The average Bonchev–Trinajstić information content (AvgIpc) is 2.39. The van der Waals surface area contributed by atoms with E-state index in [-0.39, 0.29) is 36.4 Å². The van der Waals surface area contributed by atoms with Crippen molar-refractivity contribution >= 4 is 57.5 Å². The fourth-order valence-corrected chi connectivity index (χ4v) is 2.44. The minimum Gasteiger partial charge on any atom is -0.370 e. The summed E-state index contributed by atoms with van der Waals surface area (Å²) in [4.78, 5) is 15.9. The summed E-state index contributed by atoms with van der Waals surface area (Å²) < 4.78 is 0.925. The Morgan fingerprint density at radius 1 is 1.45 bits per heavy atom.